The van der Waals surface area contributed by atoms with Crippen molar-refractivity contribution in [1.82, 2.24) is 14.6 Å². The molecule has 1 aliphatic heterocycles. The van der Waals surface area contributed by atoms with Gasteiger partial charge >= 0.3 is 0 Å². The number of hydrogen-bond acceptors (Lipinski definition) is 6. The summed E-state index contributed by atoms with van der Waals surface area (Å²) in [6.45, 7) is 5.32. The van der Waals surface area contributed by atoms with Crippen LogP contribution in [-0.2, 0) is 0 Å². The van der Waals surface area contributed by atoms with Gasteiger partial charge in [0.1, 0.15) is 10.6 Å². The Balaban J connectivity index is 1.95. The molecule has 0 aliphatic carbocycles. The molecule has 0 saturated heterocycles. The van der Waals surface area contributed by atoms with Crippen molar-refractivity contribution in [3.05, 3.63) is 55.9 Å². The molecular formula is C16H12N4O3S. The van der Waals surface area contributed by atoms with Crippen LogP contribution in [-0.4, -0.2) is 26.4 Å². The molecule has 2 amide bonds. The number of benzene rings is 1. The number of rotatable bonds is 1. The zero-order valence-electron chi connectivity index (χ0n) is 13.2. The standard InChI is InChI=1S/C16H12N4O3S/c1-7-5-4-6-10(8(7)2)19-14(22)11-12(15(19)23)24-16-17-13(21)9(3)18-20(11)16/h4-6H,1-3H3. The van der Waals surface area contributed by atoms with Gasteiger partial charge in [0.05, 0.1) is 5.69 Å². The van der Waals surface area contributed by atoms with Gasteiger partial charge in [-0.25, -0.2) is 4.90 Å². The van der Waals surface area contributed by atoms with Gasteiger partial charge in [0.25, 0.3) is 17.4 Å². The van der Waals surface area contributed by atoms with Crippen molar-refractivity contribution in [1.29, 1.82) is 0 Å². The Labute approximate surface area is 140 Å². The zero-order chi connectivity index (χ0) is 17.2. The minimum Gasteiger partial charge on any atom is -0.267 e. The van der Waals surface area contributed by atoms with Crippen LogP contribution in [0.1, 0.15) is 37.0 Å². The molecule has 0 bridgehead atoms. The molecule has 3 aromatic rings. The highest BCUT2D eigenvalue weighted by atomic mass is 32.1. The van der Waals surface area contributed by atoms with Gasteiger partial charge < -0.3 is 0 Å². The Morgan fingerprint density at radius 1 is 1.04 bits per heavy atom. The molecule has 0 N–H and O–H groups in total. The first-order valence-electron chi connectivity index (χ1n) is 7.25. The van der Waals surface area contributed by atoms with Gasteiger partial charge in [-0.2, -0.15) is 14.6 Å². The second kappa shape index (κ2) is 4.81. The van der Waals surface area contributed by atoms with Crippen molar-refractivity contribution in [3.8, 4) is 0 Å². The van der Waals surface area contributed by atoms with Gasteiger partial charge in [0, 0.05) is 0 Å². The Hall–Kier alpha value is -2.87. The minimum absolute atomic E-state index is 0.163. The van der Waals surface area contributed by atoms with E-state index in [2.05, 4.69) is 10.1 Å². The second-order valence-corrected chi connectivity index (χ2v) is 6.62. The highest BCUT2D eigenvalue weighted by molar-refractivity contribution is 7.19. The molecule has 3 heterocycles. The summed E-state index contributed by atoms with van der Waals surface area (Å²) >= 11 is 1.01. The number of nitrogens with zero attached hydrogens (tertiary/aromatic N) is 4. The Kier molecular flexibility index (Phi) is 2.95. The molecule has 4 rings (SSSR count). The van der Waals surface area contributed by atoms with Crippen LogP contribution in [0.25, 0.3) is 4.96 Å². The summed E-state index contributed by atoms with van der Waals surface area (Å²) in [5, 5.41) is 4.11. The summed E-state index contributed by atoms with van der Waals surface area (Å²) < 4.78 is 1.29. The van der Waals surface area contributed by atoms with Crippen LogP contribution in [0.3, 0.4) is 0 Å². The SMILES string of the molecule is Cc1cccc(N2C(=O)c3sc4nc(=O)c(C)nn4c3C2=O)c1C. The Bertz CT molecular complexity index is 1110. The topological polar surface area (TPSA) is 84.6 Å². The van der Waals surface area contributed by atoms with E-state index < -0.39 is 17.4 Å². The van der Waals surface area contributed by atoms with Gasteiger partial charge in [0.2, 0.25) is 4.96 Å². The fraction of sp³-hybridized carbons (Fsp3) is 0.188. The number of carbonyl (C=O) groups excluding carboxylic acids is 2. The molecule has 7 nitrogen and oxygen atoms in total. The molecule has 0 saturated carbocycles. The number of imide groups is 1. The van der Waals surface area contributed by atoms with E-state index in [-0.39, 0.29) is 21.2 Å². The molecule has 8 heteroatoms. The smallest absolute Gasteiger partial charge is 0.267 e. The van der Waals surface area contributed by atoms with E-state index in [4.69, 9.17) is 0 Å². The highest BCUT2D eigenvalue weighted by Gasteiger charge is 2.42. The first kappa shape index (κ1) is 14.7. The first-order chi connectivity index (χ1) is 11.4. The van der Waals surface area contributed by atoms with E-state index in [9.17, 15) is 14.4 Å². The maximum atomic E-state index is 12.9. The number of fused-ring (bicyclic) bond motifs is 3. The third kappa shape index (κ3) is 1.80. The molecule has 0 atom stereocenters. The number of anilines is 1. The molecule has 0 spiro atoms. The predicted molar refractivity (Wildman–Crippen MR) is 88.9 cm³/mol. The average Bonchev–Trinajstić information content (AvgIpc) is 3.00. The fourth-order valence-electron chi connectivity index (χ4n) is 2.73. The van der Waals surface area contributed by atoms with E-state index >= 15 is 0 Å². The molecule has 24 heavy (non-hydrogen) atoms. The second-order valence-electron chi connectivity index (χ2n) is 5.64. The maximum absolute atomic E-state index is 12.9. The third-order valence-corrected chi connectivity index (χ3v) is 5.20. The number of aryl methyl sites for hydroxylation is 2. The van der Waals surface area contributed by atoms with E-state index in [1.165, 1.54) is 11.4 Å². The number of carbonyl (C=O) groups is 2. The van der Waals surface area contributed by atoms with E-state index in [1.54, 1.807) is 6.07 Å². The number of aromatic nitrogens is 3. The van der Waals surface area contributed by atoms with Crippen molar-refractivity contribution in [2.45, 2.75) is 20.8 Å². The van der Waals surface area contributed by atoms with Crippen LogP contribution in [0, 0.1) is 20.8 Å². The van der Waals surface area contributed by atoms with Crippen LogP contribution in [0.2, 0.25) is 0 Å². The molecule has 1 aliphatic rings. The Morgan fingerprint density at radius 3 is 2.54 bits per heavy atom. The molecule has 2 aromatic heterocycles. The lowest BCUT2D eigenvalue weighted by molar-refractivity contribution is 0.0924. The fourth-order valence-corrected chi connectivity index (χ4v) is 3.71. The normalized spacial score (nSPS) is 13.9. The zero-order valence-corrected chi connectivity index (χ0v) is 14.0. The van der Waals surface area contributed by atoms with Crippen LogP contribution in [0.5, 0.6) is 0 Å². The molecule has 0 fully saturated rings. The molecular weight excluding hydrogens is 328 g/mol. The molecule has 0 unspecified atom stereocenters. The molecule has 0 radical (unpaired) electrons. The van der Waals surface area contributed by atoms with Gasteiger partial charge in [-0.15, -0.1) is 0 Å². The lowest BCUT2D eigenvalue weighted by Gasteiger charge is -2.17. The van der Waals surface area contributed by atoms with E-state index in [0.29, 0.717) is 5.69 Å². The van der Waals surface area contributed by atoms with Gasteiger partial charge in [-0.1, -0.05) is 23.5 Å². The predicted octanol–water partition coefficient (Wildman–Crippen LogP) is 1.88. The van der Waals surface area contributed by atoms with E-state index in [1.807, 2.05) is 26.0 Å². The van der Waals surface area contributed by atoms with Crippen LogP contribution in [0.15, 0.2) is 23.0 Å². The van der Waals surface area contributed by atoms with Crippen molar-refractivity contribution < 1.29 is 9.59 Å². The van der Waals surface area contributed by atoms with Crippen molar-refractivity contribution in [2.75, 3.05) is 4.90 Å². The summed E-state index contributed by atoms with van der Waals surface area (Å²) in [6, 6.07) is 5.48. The number of thiazole rings is 1. The van der Waals surface area contributed by atoms with Gasteiger partial charge in [-0.05, 0) is 38.0 Å². The lowest BCUT2D eigenvalue weighted by atomic mass is 10.1. The van der Waals surface area contributed by atoms with Crippen LogP contribution in [0.4, 0.5) is 5.69 Å². The lowest BCUT2D eigenvalue weighted by Crippen LogP contribution is -2.31. The Morgan fingerprint density at radius 2 is 1.79 bits per heavy atom. The van der Waals surface area contributed by atoms with E-state index in [0.717, 1.165) is 27.4 Å². The molecule has 1 aromatic carbocycles. The quantitative estimate of drug-likeness (QED) is 0.632. The summed E-state index contributed by atoms with van der Waals surface area (Å²) in [4.78, 5) is 42.8. The van der Waals surface area contributed by atoms with Crippen LogP contribution < -0.4 is 10.5 Å². The summed E-state index contributed by atoms with van der Waals surface area (Å²) in [5.41, 5.74) is 2.31. The summed E-state index contributed by atoms with van der Waals surface area (Å²) in [7, 11) is 0. The monoisotopic (exact) mass is 340 g/mol. The molecule has 120 valence electrons. The summed E-state index contributed by atoms with van der Waals surface area (Å²) in [5.74, 6) is -0.863. The number of amides is 2. The summed E-state index contributed by atoms with van der Waals surface area (Å²) in [6.07, 6.45) is 0. The maximum Gasteiger partial charge on any atom is 0.295 e. The highest BCUT2D eigenvalue weighted by Crippen LogP contribution is 2.35. The van der Waals surface area contributed by atoms with Crippen molar-refractivity contribution >= 4 is 33.8 Å². The number of hydrogen-bond donors (Lipinski definition) is 0. The van der Waals surface area contributed by atoms with Gasteiger partial charge in [0.15, 0.2) is 5.69 Å². The van der Waals surface area contributed by atoms with Crippen molar-refractivity contribution in [2.24, 2.45) is 0 Å². The largest absolute Gasteiger partial charge is 0.295 e. The minimum atomic E-state index is -0.457. The van der Waals surface area contributed by atoms with Gasteiger partial charge in [-0.3, -0.25) is 14.4 Å². The van der Waals surface area contributed by atoms with Crippen molar-refractivity contribution in [3.63, 3.8) is 0 Å². The van der Waals surface area contributed by atoms with Crippen LogP contribution >= 0.6 is 11.3 Å². The first-order valence-corrected chi connectivity index (χ1v) is 8.07. The third-order valence-electron chi connectivity index (χ3n) is 4.18. The average molecular weight is 340 g/mol.